The first-order valence-electron chi connectivity index (χ1n) is 6.88. The Balaban J connectivity index is 1.85. The van der Waals surface area contributed by atoms with Crippen LogP contribution in [0.1, 0.15) is 16.7 Å². The fourth-order valence-corrected chi connectivity index (χ4v) is 3.15. The molecule has 0 bridgehead atoms. The lowest BCUT2D eigenvalue weighted by Gasteiger charge is -2.04. The molecule has 0 unspecified atom stereocenters. The van der Waals surface area contributed by atoms with E-state index in [9.17, 15) is 9.59 Å². The zero-order valence-electron chi connectivity index (χ0n) is 12.7. The van der Waals surface area contributed by atoms with Gasteiger partial charge in [-0.3, -0.25) is 4.79 Å². The molecular formula is C17H13BrN2O3S. The minimum absolute atomic E-state index is 0.379. The Morgan fingerprint density at radius 3 is 2.92 bits per heavy atom. The highest BCUT2D eigenvalue weighted by Crippen LogP contribution is 2.22. The molecule has 0 aliphatic rings. The first kappa shape index (κ1) is 17.9. The van der Waals surface area contributed by atoms with Crippen molar-refractivity contribution in [1.82, 2.24) is 0 Å². The largest absolute Gasteiger partial charge is 0.452 e. The smallest absolute Gasteiger partial charge is 0.331 e. The summed E-state index contributed by atoms with van der Waals surface area (Å²) >= 11 is 4.65. The monoisotopic (exact) mass is 404 g/mol. The number of nitrogens with zero attached hydrogens (tertiary/aromatic N) is 1. The van der Waals surface area contributed by atoms with E-state index in [4.69, 9.17) is 10.00 Å². The summed E-state index contributed by atoms with van der Waals surface area (Å²) in [5, 5.41) is 13.5. The fourth-order valence-electron chi connectivity index (χ4n) is 1.77. The van der Waals surface area contributed by atoms with Crippen molar-refractivity contribution in [1.29, 1.82) is 5.26 Å². The van der Waals surface area contributed by atoms with Gasteiger partial charge in [-0.05, 0) is 41.6 Å². The predicted molar refractivity (Wildman–Crippen MR) is 96.5 cm³/mol. The highest BCUT2D eigenvalue weighted by molar-refractivity contribution is 9.10. The number of nitrogens with one attached hydrogen (secondary N) is 1. The zero-order chi connectivity index (χ0) is 17.5. The Morgan fingerprint density at radius 2 is 2.21 bits per heavy atom. The number of thiophene rings is 1. The van der Waals surface area contributed by atoms with E-state index in [-0.39, 0.29) is 0 Å². The van der Waals surface area contributed by atoms with Gasteiger partial charge >= 0.3 is 5.97 Å². The van der Waals surface area contributed by atoms with Crippen LogP contribution < -0.4 is 5.32 Å². The molecule has 122 valence electrons. The molecule has 0 radical (unpaired) electrons. The molecule has 1 heterocycles. The van der Waals surface area contributed by atoms with Gasteiger partial charge in [-0.25, -0.2) is 4.79 Å². The van der Waals surface area contributed by atoms with Crippen LogP contribution in [0.4, 0.5) is 5.00 Å². The lowest BCUT2D eigenvalue weighted by molar-refractivity contribution is -0.142. The molecule has 1 aromatic heterocycles. The first-order valence-corrected chi connectivity index (χ1v) is 8.55. The van der Waals surface area contributed by atoms with Crippen molar-refractivity contribution in [3.8, 4) is 6.07 Å². The van der Waals surface area contributed by atoms with E-state index >= 15 is 0 Å². The molecule has 24 heavy (non-hydrogen) atoms. The Labute approximate surface area is 151 Å². The van der Waals surface area contributed by atoms with Crippen LogP contribution in [-0.4, -0.2) is 18.5 Å². The number of aryl methyl sites for hydroxylation is 1. The second-order valence-corrected chi connectivity index (χ2v) is 6.56. The first-order chi connectivity index (χ1) is 11.5. The van der Waals surface area contributed by atoms with Crippen LogP contribution in [-0.2, 0) is 14.3 Å². The number of hydrogen-bond donors (Lipinski definition) is 1. The molecule has 0 saturated carbocycles. The molecular weight excluding hydrogens is 392 g/mol. The van der Waals surface area contributed by atoms with Gasteiger partial charge < -0.3 is 10.1 Å². The third-order valence-corrected chi connectivity index (χ3v) is 4.46. The molecule has 5 nitrogen and oxygen atoms in total. The summed E-state index contributed by atoms with van der Waals surface area (Å²) < 4.78 is 5.75. The van der Waals surface area contributed by atoms with Crippen molar-refractivity contribution in [3.05, 3.63) is 56.9 Å². The number of hydrogen-bond acceptors (Lipinski definition) is 5. The molecule has 0 spiro atoms. The molecule has 1 amide bonds. The number of carbonyl (C=O) groups is 2. The van der Waals surface area contributed by atoms with Crippen LogP contribution in [0, 0.1) is 18.3 Å². The van der Waals surface area contributed by atoms with Gasteiger partial charge in [0.05, 0.1) is 5.56 Å². The van der Waals surface area contributed by atoms with Crippen molar-refractivity contribution >= 4 is 50.2 Å². The molecule has 0 aliphatic heterocycles. The molecule has 2 rings (SSSR count). The quantitative estimate of drug-likeness (QED) is 0.605. The molecule has 1 N–H and O–H groups in total. The second kappa shape index (κ2) is 8.43. The topological polar surface area (TPSA) is 79.2 Å². The maximum atomic E-state index is 11.7. The van der Waals surface area contributed by atoms with Gasteiger partial charge in [0.1, 0.15) is 11.1 Å². The van der Waals surface area contributed by atoms with Gasteiger partial charge in [0.15, 0.2) is 6.61 Å². The molecule has 7 heteroatoms. The Morgan fingerprint density at radius 1 is 1.42 bits per heavy atom. The Hall–Kier alpha value is -2.43. The molecule has 0 saturated heterocycles. The third-order valence-electron chi connectivity index (χ3n) is 2.94. The van der Waals surface area contributed by atoms with Crippen molar-refractivity contribution < 1.29 is 14.3 Å². The van der Waals surface area contributed by atoms with Crippen LogP contribution >= 0.6 is 27.3 Å². The van der Waals surface area contributed by atoms with E-state index in [1.54, 1.807) is 17.5 Å². The molecule has 0 atom stereocenters. The number of anilines is 1. The van der Waals surface area contributed by atoms with Crippen molar-refractivity contribution in [2.45, 2.75) is 6.92 Å². The summed E-state index contributed by atoms with van der Waals surface area (Å²) in [5.74, 6) is -1.11. The van der Waals surface area contributed by atoms with E-state index in [2.05, 4.69) is 21.2 Å². The number of ether oxygens (including phenoxy) is 1. The average molecular weight is 405 g/mol. The van der Waals surface area contributed by atoms with E-state index in [1.807, 2.05) is 31.2 Å². The summed E-state index contributed by atoms with van der Waals surface area (Å²) in [6.45, 7) is 1.55. The minimum Gasteiger partial charge on any atom is -0.452 e. The van der Waals surface area contributed by atoms with E-state index in [1.165, 1.54) is 17.4 Å². The van der Waals surface area contributed by atoms with Crippen LogP contribution in [0.2, 0.25) is 0 Å². The molecule has 2 aromatic rings. The highest BCUT2D eigenvalue weighted by atomic mass is 79.9. The highest BCUT2D eigenvalue weighted by Gasteiger charge is 2.10. The van der Waals surface area contributed by atoms with Gasteiger partial charge in [-0.15, -0.1) is 11.3 Å². The molecule has 1 aromatic carbocycles. The number of carbonyl (C=O) groups excluding carboxylic acids is 2. The average Bonchev–Trinajstić information content (AvgIpc) is 2.99. The lowest BCUT2D eigenvalue weighted by Crippen LogP contribution is -2.20. The van der Waals surface area contributed by atoms with Gasteiger partial charge in [0.2, 0.25) is 0 Å². The van der Waals surface area contributed by atoms with Crippen LogP contribution in [0.3, 0.4) is 0 Å². The number of amides is 1. The van der Waals surface area contributed by atoms with Crippen LogP contribution in [0.25, 0.3) is 6.08 Å². The fraction of sp³-hybridized carbons (Fsp3) is 0.118. The van der Waals surface area contributed by atoms with Gasteiger partial charge in [-0.1, -0.05) is 28.1 Å². The number of benzene rings is 1. The van der Waals surface area contributed by atoms with E-state index < -0.39 is 18.5 Å². The van der Waals surface area contributed by atoms with Crippen LogP contribution in [0.5, 0.6) is 0 Å². The predicted octanol–water partition coefficient (Wildman–Crippen LogP) is 3.89. The second-order valence-electron chi connectivity index (χ2n) is 4.79. The summed E-state index contributed by atoms with van der Waals surface area (Å²) in [7, 11) is 0. The normalized spacial score (nSPS) is 10.4. The number of halogens is 1. The van der Waals surface area contributed by atoms with Gasteiger partial charge in [-0.2, -0.15) is 5.26 Å². The van der Waals surface area contributed by atoms with E-state index in [0.29, 0.717) is 10.6 Å². The lowest BCUT2D eigenvalue weighted by atomic mass is 10.1. The van der Waals surface area contributed by atoms with Crippen LogP contribution in [0.15, 0.2) is 40.2 Å². The van der Waals surface area contributed by atoms with Gasteiger partial charge in [0.25, 0.3) is 5.91 Å². The number of rotatable bonds is 5. The standard InChI is InChI=1S/C17H13BrN2O3S/c1-11-2-3-12(14(18)8-11)4-5-16(22)23-10-15(21)20-17-13(9-19)6-7-24-17/h2-8H,10H2,1H3,(H,20,21)/b5-4+. The zero-order valence-corrected chi connectivity index (χ0v) is 15.1. The number of esters is 1. The SMILES string of the molecule is Cc1ccc(/C=C/C(=O)OCC(=O)Nc2sccc2C#N)c(Br)c1. The maximum absolute atomic E-state index is 11.7. The third kappa shape index (κ3) is 5.05. The summed E-state index contributed by atoms with van der Waals surface area (Å²) in [6.07, 6.45) is 2.87. The maximum Gasteiger partial charge on any atom is 0.331 e. The molecule has 0 aliphatic carbocycles. The summed E-state index contributed by atoms with van der Waals surface area (Å²) in [4.78, 5) is 23.4. The van der Waals surface area contributed by atoms with Crippen molar-refractivity contribution in [2.24, 2.45) is 0 Å². The number of nitriles is 1. The Kier molecular flexibility index (Phi) is 6.29. The molecule has 0 fully saturated rings. The van der Waals surface area contributed by atoms with Crippen molar-refractivity contribution in [2.75, 3.05) is 11.9 Å². The van der Waals surface area contributed by atoms with Gasteiger partial charge in [0, 0.05) is 10.5 Å². The van der Waals surface area contributed by atoms with E-state index in [0.717, 1.165) is 15.6 Å². The minimum atomic E-state index is -0.621. The summed E-state index contributed by atoms with van der Waals surface area (Å²) in [6, 6.07) is 9.31. The Bertz CT molecular complexity index is 837. The van der Waals surface area contributed by atoms with Crippen molar-refractivity contribution in [3.63, 3.8) is 0 Å². The summed E-state index contributed by atoms with van der Waals surface area (Å²) in [5.41, 5.74) is 2.31.